The van der Waals surface area contributed by atoms with E-state index in [1.807, 2.05) is 0 Å². The Kier molecular flexibility index (Phi) is 3.03. The first-order chi connectivity index (χ1) is 6.29. The monoisotopic (exact) mass is 179 g/mol. The molecule has 13 heavy (non-hydrogen) atoms. The molecule has 1 rings (SSSR count). The minimum Gasteiger partial charge on any atom is -0.299 e. The summed E-state index contributed by atoms with van der Waals surface area (Å²) in [5, 5.41) is 0. The second-order valence-electron chi connectivity index (χ2n) is 2.22. The van der Waals surface area contributed by atoms with Crippen LogP contribution in [0.3, 0.4) is 0 Å². The summed E-state index contributed by atoms with van der Waals surface area (Å²) in [7, 11) is 0. The molecule has 0 atom stereocenters. The Morgan fingerprint density at radius 1 is 1.38 bits per heavy atom. The Morgan fingerprint density at radius 3 is 2.77 bits per heavy atom. The van der Waals surface area contributed by atoms with Crippen LogP contribution in [0.5, 0.6) is 0 Å². The van der Waals surface area contributed by atoms with Crippen LogP contribution in [0, 0.1) is 5.95 Å². The molecule has 0 aromatic carbocycles. The van der Waals surface area contributed by atoms with Crippen molar-refractivity contribution in [2.45, 2.75) is 0 Å². The summed E-state index contributed by atoms with van der Waals surface area (Å²) >= 11 is 0. The van der Waals surface area contributed by atoms with E-state index in [2.05, 4.69) is 4.98 Å². The van der Waals surface area contributed by atoms with Crippen molar-refractivity contribution in [3.05, 3.63) is 35.4 Å². The fraction of sp³-hybridized carbons (Fsp3) is 0. The average molecular weight is 179 g/mol. The largest absolute Gasteiger partial charge is 0.299 e. The number of hydrogen-bond donors (Lipinski definition) is 0. The Morgan fingerprint density at radius 2 is 2.15 bits per heavy atom. The average Bonchev–Trinajstić information content (AvgIpc) is 2.15. The van der Waals surface area contributed by atoms with Gasteiger partial charge in [-0.3, -0.25) is 9.59 Å². The maximum atomic E-state index is 12.8. The van der Waals surface area contributed by atoms with E-state index >= 15 is 0 Å². The standard InChI is InChI=1S/C9H6FNO2/c10-9-8(6-13)7(2-1-5-12)3-4-11-9/h1-6H. The Labute approximate surface area is 73.9 Å². The van der Waals surface area contributed by atoms with Gasteiger partial charge in [-0.25, -0.2) is 4.98 Å². The molecular formula is C9H6FNO2. The molecule has 4 heteroatoms. The third-order valence-corrected chi connectivity index (χ3v) is 1.45. The predicted octanol–water partition coefficient (Wildman–Crippen LogP) is 1.25. The third-order valence-electron chi connectivity index (χ3n) is 1.45. The highest BCUT2D eigenvalue weighted by Gasteiger charge is 2.05. The number of carbonyl (C=O) groups excluding carboxylic acids is 2. The molecule has 0 amide bonds. The zero-order valence-corrected chi connectivity index (χ0v) is 6.61. The molecule has 0 bridgehead atoms. The molecule has 3 nitrogen and oxygen atoms in total. The van der Waals surface area contributed by atoms with Crippen LogP contribution < -0.4 is 0 Å². The van der Waals surface area contributed by atoms with Gasteiger partial charge < -0.3 is 0 Å². The van der Waals surface area contributed by atoms with Gasteiger partial charge in [-0.15, -0.1) is 0 Å². The summed E-state index contributed by atoms with van der Waals surface area (Å²) in [4.78, 5) is 23.7. The molecule has 1 aromatic heterocycles. The number of allylic oxidation sites excluding steroid dienone is 1. The zero-order valence-electron chi connectivity index (χ0n) is 6.61. The molecule has 0 unspecified atom stereocenters. The molecule has 0 fully saturated rings. The number of hydrogen-bond acceptors (Lipinski definition) is 3. The Hall–Kier alpha value is -1.84. The molecular weight excluding hydrogens is 173 g/mol. The lowest BCUT2D eigenvalue weighted by Crippen LogP contribution is -1.94. The predicted molar refractivity (Wildman–Crippen MR) is 44.7 cm³/mol. The minimum absolute atomic E-state index is 0.138. The third kappa shape index (κ3) is 2.05. The molecule has 0 saturated heterocycles. The van der Waals surface area contributed by atoms with Crippen LogP contribution in [0.4, 0.5) is 4.39 Å². The van der Waals surface area contributed by atoms with Gasteiger partial charge in [0, 0.05) is 6.20 Å². The van der Waals surface area contributed by atoms with Crippen molar-refractivity contribution < 1.29 is 14.0 Å². The van der Waals surface area contributed by atoms with Gasteiger partial charge >= 0.3 is 0 Å². The topological polar surface area (TPSA) is 47.0 Å². The number of nitrogens with zero attached hydrogens (tertiary/aromatic N) is 1. The van der Waals surface area contributed by atoms with E-state index < -0.39 is 5.95 Å². The molecule has 66 valence electrons. The summed E-state index contributed by atoms with van der Waals surface area (Å²) < 4.78 is 12.8. The van der Waals surface area contributed by atoms with Crippen molar-refractivity contribution in [2.75, 3.05) is 0 Å². The van der Waals surface area contributed by atoms with Crippen molar-refractivity contribution in [1.82, 2.24) is 4.98 Å². The van der Waals surface area contributed by atoms with Crippen molar-refractivity contribution in [1.29, 1.82) is 0 Å². The summed E-state index contributed by atoms with van der Waals surface area (Å²) in [6.45, 7) is 0. The quantitative estimate of drug-likeness (QED) is 0.398. The van der Waals surface area contributed by atoms with Gasteiger partial charge in [0.05, 0.1) is 5.56 Å². The van der Waals surface area contributed by atoms with Crippen molar-refractivity contribution in [3.8, 4) is 0 Å². The highest BCUT2D eigenvalue weighted by molar-refractivity contribution is 5.84. The molecule has 0 aliphatic heterocycles. The van der Waals surface area contributed by atoms with E-state index in [0.29, 0.717) is 18.1 Å². The first-order valence-electron chi connectivity index (χ1n) is 3.51. The van der Waals surface area contributed by atoms with Crippen molar-refractivity contribution in [3.63, 3.8) is 0 Å². The van der Waals surface area contributed by atoms with Crippen LogP contribution in [0.25, 0.3) is 6.08 Å². The van der Waals surface area contributed by atoms with E-state index in [0.717, 1.165) is 0 Å². The van der Waals surface area contributed by atoms with Gasteiger partial charge in [0.25, 0.3) is 0 Å². The number of halogens is 1. The second kappa shape index (κ2) is 4.25. The minimum atomic E-state index is -0.831. The van der Waals surface area contributed by atoms with Crippen LogP contribution in [0.15, 0.2) is 18.3 Å². The maximum absolute atomic E-state index is 12.8. The first-order valence-corrected chi connectivity index (χ1v) is 3.51. The Balaban J connectivity index is 3.19. The first kappa shape index (κ1) is 9.25. The number of aromatic nitrogens is 1. The van der Waals surface area contributed by atoms with E-state index in [4.69, 9.17) is 0 Å². The summed E-state index contributed by atoms with van der Waals surface area (Å²) in [6.07, 6.45) is 4.68. The molecule has 1 aromatic rings. The lowest BCUT2D eigenvalue weighted by molar-refractivity contribution is -0.104. The van der Waals surface area contributed by atoms with E-state index in [1.54, 1.807) is 0 Å². The van der Waals surface area contributed by atoms with Gasteiger partial charge in [0.15, 0.2) is 6.29 Å². The van der Waals surface area contributed by atoms with Gasteiger partial charge in [-0.1, -0.05) is 6.08 Å². The van der Waals surface area contributed by atoms with Gasteiger partial charge in [-0.2, -0.15) is 4.39 Å². The highest BCUT2D eigenvalue weighted by atomic mass is 19.1. The summed E-state index contributed by atoms with van der Waals surface area (Å²) in [5.41, 5.74) is 0.204. The van der Waals surface area contributed by atoms with E-state index in [1.165, 1.54) is 24.4 Å². The van der Waals surface area contributed by atoms with Crippen molar-refractivity contribution >= 4 is 18.6 Å². The van der Waals surface area contributed by atoms with Crippen LogP contribution >= 0.6 is 0 Å². The van der Waals surface area contributed by atoms with Crippen LogP contribution in [-0.4, -0.2) is 17.6 Å². The number of aldehydes is 2. The normalized spacial score (nSPS) is 10.2. The summed E-state index contributed by atoms with van der Waals surface area (Å²) in [5.74, 6) is -0.831. The maximum Gasteiger partial charge on any atom is 0.224 e. The Bertz CT molecular complexity index is 361. The molecule has 0 saturated carbocycles. The SMILES string of the molecule is O=CC=Cc1ccnc(F)c1C=O. The molecule has 0 aliphatic carbocycles. The molecule has 0 radical (unpaired) electrons. The number of carbonyl (C=O) groups is 2. The number of pyridine rings is 1. The van der Waals surface area contributed by atoms with Gasteiger partial charge in [0.1, 0.15) is 6.29 Å². The van der Waals surface area contributed by atoms with Crippen LogP contribution in [0.1, 0.15) is 15.9 Å². The fourth-order valence-corrected chi connectivity index (χ4v) is 0.866. The molecule has 1 heterocycles. The number of rotatable bonds is 3. The highest BCUT2D eigenvalue weighted by Crippen LogP contribution is 2.09. The molecule has 0 aliphatic rings. The van der Waals surface area contributed by atoms with Gasteiger partial charge in [0.2, 0.25) is 5.95 Å². The molecule has 0 spiro atoms. The lowest BCUT2D eigenvalue weighted by Gasteiger charge is -1.97. The van der Waals surface area contributed by atoms with Crippen LogP contribution in [0.2, 0.25) is 0 Å². The lowest BCUT2D eigenvalue weighted by atomic mass is 10.1. The van der Waals surface area contributed by atoms with E-state index in [9.17, 15) is 14.0 Å². The smallest absolute Gasteiger partial charge is 0.224 e. The molecule has 0 N–H and O–H groups in total. The van der Waals surface area contributed by atoms with E-state index in [-0.39, 0.29) is 5.56 Å². The zero-order chi connectivity index (χ0) is 9.68. The fourth-order valence-electron chi connectivity index (χ4n) is 0.866. The summed E-state index contributed by atoms with van der Waals surface area (Å²) in [6, 6.07) is 1.45. The van der Waals surface area contributed by atoms with Gasteiger partial charge in [-0.05, 0) is 17.7 Å². The van der Waals surface area contributed by atoms with Crippen molar-refractivity contribution in [2.24, 2.45) is 0 Å². The van der Waals surface area contributed by atoms with Crippen LogP contribution in [-0.2, 0) is 4.79 Å². The second-order valence-corrected chi connectivity index (χ2v) is 2.22.